The number of ether oxygens (including phenoxy) is 1. The smallest absolute Gasteiger partial charge is 0.0588 e. The van der Waals surface area contributed by atoms with Gasteiger partial charge in [0.25, 0.3) is 0 Å². The third kappa shape index (κ3) is 2.93. The van der Waals surface area contributed by atoms with Gasteiger partial charge in [-0.25, -0.2) is 0 Å². The van der Waals surface area contributed by atoms with Gasteiger partial charge in [0.2, 0.25) is 0 Å². The van der Waals surface area contributed by atoms with Crippen molar-refractivity contribution in [2.75, 3.05) is 25.0 Å². The lowest BCUT2D eigenvalue weighted by molar-refractivity contribution is 0.105. The number of para-hydroxylation sites is 1. The predicted molar refractivity (Wildman–Crippen MR) is 78.5 cm³/mol. The molecule has 0 spiro atoms. The van der Waals surface area contributed by atoms with Crippen LogP contribution in [-0.4, -0.2) is 25.8 Å². The zero-order valence-corrected chi connectivity index (χ0v) is 11.7. The van der Waals surface area contributed by atoms with Crippen molar-refractivity contribution in [3.05, 3.63) is 29.3 Å². The van der Waals surface area contributed by atoms with Crippen molar-refractivity contribution in [1.82, 2.24) is 5.32 Å². The summed E-state index contributed by atoms with van der Waals surface area (Å²) in [7, 11) is 0. The molecule has 1 fully saturated rings. The fraction of sp³-hybridized carbons (Fsp3) is 0.625. The fourth-order valence-electron chi connectivity index (χ4n) is 3.16. The van der Waals surface area contributed by atoms with Gasteiger partial charge in [-0.3, -0.25) is 0 Å². The summed E-state index contributed by atoms with van der Waals surface area (Å²) >= 11 is 0. The Balaban J connectivity index is 1.58. The lowest BCUT2D eigenvalue weighted by atomic mass is 9.99. The number of hydrogen-bond donors (Lipinski definition) is 2. The molecule has 2 aliphatic heterocycles. The van der Waals surface area contributed by atoms with Gasteiger partial charge in [-0.1, -0.05) is 18.2 Å². The number of rotatable bonds is 4. The van der Waals surface area contributed by atoms with Gasteiger partial charge in [-0.2, -0.15) is 0 Å². The summed E-state index contributed by atoms with van der Waals surface area (Å²) in [6.07, 6.45) is 4.07. The number of nitrogens with one attached hydrogen (secondary N) is 2. The minimum absolute atomic E-state index is 0.412. The fourth-order valence-corrected chi connectivity index (χ4v) is 3.16. The molecule has 0 bridgehead atoms. The van der Waals surface area contributed by atoms with Gasteiger partial charge >= 0.3 is 0 Å². The highest BCUT2D eigenvalue weighted by Gasteiger charge is 2.23. The molecule has 2 heterocycles. The Kier molecular flexibility index (Phi) is 4.04. The number of hydrogen-bond acceptors (Lipinski definition) is 3. The van der Waals surface area contributed by atoms with Crippen molar-refractivity contribution in [2.24, 2.45) is 5.92 Å². The van der Waals surface area contributed by atoms with E-state index < -0.39 is 0 Å². The average molecular weight is 260 g/mol. The van der Waals surface area contributed by atoms with Crippen LogP contribution in [0.5, 0.6) is 0 Å². The molecule has 0 aromatic heterocycles. The Hall–Kier alpha value is -1.06. The molecule has 2 unspecified atom stereocenters. The molecule has 0 radical (unpaired) electrons. The van der Waals surface area contributed by atoms with Gasteiger partial charge in [0.05, 0.1) is 6.10 Å². The van der Waals surface area contributed by atoms with E-state index in [1.54, 1.807) is 0 Å². The average Bonchev–Trinajstić information content (AvgIpc) is 2.85. The highest BCUT2D eigenvalue weighted by molar-refractivity contribution is 5.59. The summed E-state index contributed by atoms with van der Waals surface area (Å²) in [6, 6.07) is 6.67. The van der Waals surface area contributed by atoms with E-state index in [1.165, 1.54) is 36.1 Å². The van der Waals surface area contributed by atoms with Crippen molar-refractivity contribution in [3.8, 4) is 0 Å². The SMILES string of the molecule is CC1OCCC1CNCc1cccc2c1NCCC2. The van der Waals surface area contributed by atoms with Crippen LogP contribution in [0, 0.1) is 5.92 Å². The van der Waals surface area contributed by atoms with E-state index in [9.17, 15) is 0 Å². The van der Waals surface area contributed by atoms with Gasteiger partial charge in [0, 0.05) is 31.9 Å². The van der Waals surface area contributed by atoms with Crippen LogP contribution in [0.15, 0.2) is 18.2 Å². The topological polar surface area (TPSA) is 33.3 Å². The first kappa shape index (κ1) is 12.9. The molecule has 1 aromatic rings. The summed E-state index contributed by atoms with van der Waals surface area (Å²) in [5.74, 6) is 0.674. The second-order valence-corrected chi connectivity index (χ2v) is 5.74. The largest absolute Gasteiger partial charge is 0.385 e. The zero-order chi connectivity index (χ0) is 13.1. The Morgan fingerprint density at radius 2 is 2.37 bits per heavy atom. The number of benzene rings is 1. The van der Waals surface area contributed by atoms with Gasteiger partial charge in [-0.15, -0.1) is 0 Å². The lowest BCUT2D eigenvalue weighted by Crippen LogP contribution is -2.27. The quantitative estimate of drug-likeness (QED) is 0.873. The van der Waals surface area contributed by atoms with E-state index in [0.717, 1.165) is 26.2 Å². The lowest BCUT2D eigenvalue weighted by Gasteiger charge is -2.22. The highest BCUT2D eigenvalue weighted by Crippen LogP contribution is 2.26. The molecule has 19 heavy (non-hydrogen) atoms. The van der Waals surface area contributed by atoms with Crippen molar-refractivity contribution in [2.45, 2.75) is 38.8 Å². The van der Waals surface area contributed by atoms with Crippen LogP contribution in [0.4, 0.5) is 5.69 Å². The molecule has 1 aromatic carbocycles. The first-order valence-electron chi connectivity index (χ1n) is 7.51. The highest BCUT2D eigenvalue weighted by atomic mass is 16.5. The van der Waals surface area contributed by atoms with E-state index >= 15 is 0 Å². The summed E-state index contributed by atoms with van der Waals surface area (Å²) in [5.41, 5.74) is 4.25. The second kappa shape index (κ2) is 5.93. The molecule has 2 N–H and O–H groups in total. The maximum absolute atomic E-state index is 5.61. The minimum Gasteiger partial charge on any atom is -0.385 e. The Labute approximate surface area is 115 Å². The molecule has 2 atom stereocenters. The number of aryl methyl sites for hydroxylation is 1. The summed E-state index contributed by atoms with van der Waals surface area (Å²) in [6.45, 7) is 6.24. The van der Waals surface area contributed by atoms with E-state index in [0.29, 0.717) is 12.0 Å². The minimum atomic E-state index is 0.412. The molecule has 0 aliphatic carbocycles. The van der Waals surface area contributed by atoms with E-state index in [4.69, 9.17) is 4.74 Å². The van der Waals surface area contributed by atoms with E-state index in [1.807, 2.05) is 0 Å². The van der Waals surface area contributed by atoms with Gasteiger partial charge in [-0.05, 0) is 43.2 Å². The normalized spacial score (nSPS) is 25.9. The third-order valence-corrected chi connectivity index (χ3v) is 4.42. The van der Waals surface area contributed by atoms with Crippen LogP contribution in [0.25, 0.3) is 0 Å². The standard InChI is InChI=1S/C16H24N2O/c1-12-14(7-9-19-12)10-17-11-15-5-2-4-13-6-3-8-18-16(13)15/h2,4-5,12,14,17-18H,3,6-11H2,1H3. The maximum Gasteiger partial charge on any atom is 0.0588 e. The molecule has 0 saturated carbocycles. The molecular weight excluding hydrogens is 236 g/mol. The first-order chi connectivity index (χ1) is 9.34. The molecule has 1 saturated heterocycles. The third-order valence-electron chi connectivity index (χ3n) is 4.42. The van der Waals surface area contributed by atoms with Crippen LogP contribution < -0.4 is 10.6 Å². The monoisotopic (exact) mass is 260 g/mol. The molecule has 3 heteroatoms. The zero-order valence-electron chi connectivity index (χ0n) is 11.7. The Morgan fingerprint density at radius 3 is 3.21 bits per heavy atom. The van der Waals surface area contributed by atoms with Crippen molar-refractivity contribution < 1.29 is 4.74 Å². The van der Waals surface area contributed by atoms with Gasteiger partial charge in [0.15, 0.2) is 0 Å². The van der Waals surface area contributed by atoms with Crippen LogP contribution in [0.1, 0.15) is 30.9 Å². The summed E-state index contributed by atoms with van der Waals surface area (Å²) in [4.78, 5) is 0. The van der Waals surface area contributed by atoms with Crippen molar-refractivity contribution in [1.29, 1.82) is 0 Å². The molecule has 104 valence electrons. The second-order valence-electron chi connectivity index (χ2n) is 5.74. The number of anilines is 1. The molecule has 2 aliphatic rings. The van der Waals surface area contributed by atoms with Crippen LogP contribution in [0.3, 0.4) is 0 Å². The van der Waals surface area contributed by atoms with Crippen molar-refractivity contribution >= 4 is 5.69 Å². The van der Waals surface area contributed by atoms with Crippen LogP contribution in [-0.2, 0) is 17.7 Å². The van der Waals surface area contributed by atoms with Crippen LogP contribution >= 0.6 is 0 Å². The molecule has 0 amide bonds. The van der Waals surface area contributed by atoms with Crippen molar-refractivity contribution in [3.63, 3.8) is 0 Å². The van der Waals surface area contributed by atoms with Gasteiger partial charge < -0.3 is 15.4 Å². The summed E-state index contributed by atoms with van der Waals surface area (Å²) in [5, 5.41) is 7.16. The first-order valence-corrected chi connectivity index (χ1v) is 7.51. The molecule has 3 nitrogen and oxygen atoms in total. The van der Waals surface area contributed by atoms with E-state index in [2.05, 4.69) is 35.8 Å². The summed E-state index contributed by atoms with van der Waals surface area (Å²) < 4.78 is 5.61. The predicted octanol–water partition coefficient (Wildman–Crippen LogP) is 2.56. The molecular formula is C16H24N2O. The Bertz CT molecular complexity index is 433. The Morgan fingerprint density at radius 1 is 1.42 bits per heavy atom. The maximum atomic E-state index is 5.61. The van der Waals surface area contributed by atoms with Crippen LogP contribution in [0.2, 0.25) is 0 Å². The number of fused-ring (bicyclic) bond motifs is 1. The van der Waals surface area contributed by atoms with Gasteiger partial charge in [0.1, 0.15) is 0 Å². The molecule has 3 rings (SSSR count). The van der Waals surface area contributed by atoms with E-state index in [-0.39, 0.29) is 0 Å².